The summed E-state index contributed by atoms with van der Waals surface area (Å²) in [5.41, 5.74) is 0.771. The Bertz CT molecular complexity index is 395. The third-order valence-corrected chi connectivity index (χ3v) is 2.05. The molecule has 0 bridgehead atoms. The smallest absolute Gasteiger partial charge is 0.307 e. The number of carbonyl (C=O) groups is 2. The molecule has 94 valence electrons. The molecule has 0 fully saturated rings. The maximum Gasteiger partial charge on any atom is 0.307 e. The van der Waals surface area contributed by atoms with Crippen molar-refractivity contribution in [3.8, 4) is 0 Å². The molecular formula is C12H17NO4. The molecule has 0 aromatic carbocycles. The lowest BCUT2D eigenvalue weighted by molar-refractivity contribution is -0.147. The molecule has 5 nitrogen and oxygen atoms in total. The molecule has 1 aromatic rings. The van der Waals surface area contributed by atoms with Crippen molar-refractivity contribution in [2.24, 2.45) is 0 Å². The number of amides is 1. The summed E-state index contributed by atoms with van der Waals surface area (Å²) >= 11 is 0. The molecule has 5 heteroatoms. The van der Waals surface area contributed by atoms with Crippen LogP contribution in [0.1, 0.15) is 36.4 Å². The highest BCUT2D eigenvalue weighted by molar-refractivity contribution is 5.92. The molecule has 1 rings (SSSR count). The first kappa shape index (κ1) is 13.3. The van der Waals surface area contributed by atoms with Crippen LogP contribution in [-0.4, -0.2) is 24.5 Å². The topological polar surface area (TPSA) is 68.5 Å². The van der Waals surface area contributed by atoms with Gasteiger partial charge in [0.1, 0.15) is 0 Å². The molecule has 0 unspecified atom stereocenters. The first-order valence-corrected chi connectivity index (χ1v) is 5.52. The van der Waals surface area contributed by atoms with E-state index in [2.05, 4.69) is 5.32 Å². The minimum atomic E-state index is -0.323. The summed E-state index contributed by atoms with van der Waals surface area (Å²) in [6, 6.07) is 1.71. The van der Waals surface area contributed by atoms with Crippen molar-refractivity contribution in [2.75, 3.05) is 6.54 Å². The summed E-state index contributed by atoms with van der Waals surface area (Å²) in [4.78, 5) is 22.8. The number of furan rings is 1. The number of aryl methyl sites for hydroxylation is 1. The fourth-order valence-corrected chi connectivity index (χ4v) is 1.29. The van der Waals surface area contributed by atoms with Crippen LogP contribution < -0.4 is 5.32 Å². The average molecular weight is 239 g/mol. The summed E-state index contributed by atoms with van der Waals surface area (Å²) in [7, 11) is 0. The summed E-state index contributed by atoms with van der Waals surface area (Å²) in [6.07, 6.45) is 1.48. The van der Waals surface area contributed by atoms with Crippen LogP contribution in [0.2, 0.25) is 0 Å². The van der Waals surface area contributed by atoms with Gasteiger partial charge in [-0.1, -0.05) is 0 Å². The third kappa shape index (κ3) is 4.30. The molecule has 0 saturated carbocycles. The van der Waals surface area contributed by atoms with Crippen LogP contribution in [0.15, 0.2) is 16.7 Å². The summed E-state index contributed by atoms with van der Waals surface area (Å²) in [5.74, 6) is -0.358. The standard InChI is InChI=1S/C12H17NO4/c1-8(2)17-10(14)4-6-13-12(15)11-9(3)5-7-16-11/h5,7-8H,4,6H2,1-3H3,(H,13,15). The molecule has 17 heavy (non-hydrogen) atoms. The molecule has 0 saturated heterocycles. The van der Waals surface area contributed by atoms with Crippen LogP contribution in [-0.2, 0) is 9.53 Å². The average Bonchev–Trinajstić information content (AvgIpc) is 2.63. The number of esters is 1. The highest BCUT2D eigenvalue weighted by Gasteiger charge is 2.12. The molecule has 0 aliphatic heterocycles. The van der Waals surface area contributed by atoms with Gasteiger partial charge in [0.2, 0.25) is 0 Å². The minimum absolute atomic E-state index is 0.134. The first-order valence-electron chi connectivity index (χ1n) is 5.52. The van der Waals surface area contributed by atoms with Gasteiger partial charge in [-0.2, -0.15) is 0 Å². The van der Waals surface area contributed by atoms with E-state index in [-0.39, 0.29) is 36.7 Å². The Morgan fingerprint density at radius 1 is 1.47 bits per heavy atom. The fourth-order valence-electron chi connectivity index (χ4n) is 1.29. The van der Waals surface area contributed by atoms with Gasteiger partial charge in [-0.25, -0.2) is 0 Å². The third-order valence-electron chi connectivity index (χ3n) is 2.05. The van der Waals surface area contributed by atoms with Gasteiger partial charge in [-0.3, -0.25) is 9.59 Å². The van der Waals surface area contributed by atoms with Gasteiger partial charge in [0, 0.05) is 12.1 Å². The lowest BCUT2D eigenvalue weighted by atomic mass is 10.2. The Morgan fingerprint density at radius 2 is 2.18 bits per heavy atom. The second kappa shape index (κ2) is 6.08. The summed E-state index contributed by atoms with van der Waals surface area (Å²) in [5, 5.41) is 2.60. The summed E-state index contributed by atoms with van der Waals surface area (Å²) in [6.45, 7) is 5.58. The van der Waals surface area contributed by atoms with E-state index in [0.29, 0.717) is 0 Å². The highest BCUT2D eigenvalue weighted by atomic mass is 16.5. The van der Waals surface area contributed by atoms with E-state index >= 15 is 0 Å². The Kier molecular flexibility index (Phi) is 4.75. The monoisotopic (exact) mass is 239 g/mol. The molecule has 0 spiro atoms. The number of nitrogens with one attached hydrogen (secondary N) is 1. The van der Waals surface area contributed by atoms with Gasteiger partial charge in [-0.15, -0.1) is 0 Å². The second-order valence-electron chi connectivity index (χ2n) is 3.98. The fraction of sp³-hybridized carbons (Fsp3) is 0.500. The van der Waals surface area contributed by atoms with Crippen LogP contribution in [0.5, 0.6) is 0 Å². The Hall–Kier alpha value is -1.78. The molecule has 1 N–H and O–H groups in total. The maximum atomic E-state index is 11.6. The number of rotatable bonds is 5. The predicted octanol–water partition coefficient (Wildman–Crippen LogP) is 1.66. The molecule has 0 atom stereocenters. The highest BCUT2D eigenvalue weighted by Crippen LogP contribution is 2.07. The zero-order valence-corrected chi connectivity index (χ0v) is 10.3. The Labute approximate surface area is 100 Å². The predicted molar refractivity (Wildman–Crippen MR) is 61.6 cm³/mol. The maximum absolute atomic E-state index is 11.6. The van der Waals surface area contributed by atoms with Gasteiger partial charge in [0.25, 0.3) is 5.91 Å². The van der Waals surface area contributed by atoms with E-state index in [1.54, 1.807) is 26.8 Å². The second-order valence-corrected chi connectivity index (χ2v) is 3.98. The van der Waals surface area contributed by atoms with Gasteiger partial charge in [0.05, 0.1) is 18.8 Å². The van der Waals surface area contributed by atoms with Crippen molar-refractivity contribution in [2.45, 2.75) is 33.3 Å². The van der Waals surface area contributed by atoms with Crippen molar-refractivity contribution < 1.29 is 18.7 Å². The van der Waals surface area contributed by atoms with E-state index in [1.807, 2.05) is 0 Å². The van der Waals surface area contributed by atoms with Crippen molar-refractivity contribution in [1.29, 1.82) is 0 Å². The van der Waals surface area contributed by atoms with Gasteiger partial charge < -0.3 is 14.5 Å². The van der Waals surface area contributed by atoms with Gasteiger partial charge in [0.15, 0.2) is 5.76 Å². The van der Waals surface area contributed by atoms with Crippen molar-refractivity contribution in [3.63, 3.8) is 0 Å². The SMILES string of the molecule is Cc1ccoc1C(=O)NCCC(=O)OC(C)C. The first-order chi connectivity index (χ1) is 8.00. The van der Waals surface area contributed by atoms with Gasteiger partial charge in [-0.05, 0) is 26.8 Å². The van der Waals surface area contributed by atoms with E-state index in [1.165, 1.54) is 6.26 Å². The quantitative estimate of drug-likeness (QED) is 0.793. The van der Waals surface area contributed by atoms with Crippen LogP contribution in [0.4, 0.5) is 0 Å². The van der Waals surface area contributed by atoms with Crippen LogP contribution in [0, 0.1) is 6.92 Å². The van der Waals surface area contributed by atoms with E-state index in [0.717, 1.165) is 5.56 Å². The molecule has 1 aromatic heterocycles. The number of carbonyl (C=O) groups excluding carboxylic acids is 2. The molecule has 0 aliphatic rings. The lowest BCUT2D eigenvalue weighted by Crippen LogP contribution is -2.27. The van der Waals surface area contributed by atoms with E-state index in [4.69, 9.17) is 9.15 Å². The van der Waals surface area contributed by atoms with Crippen molar-refractivity contribution in [3.05, 3.63) is 23.7 Å². The van der Waals surface area contributed by atoms with Gasteiger partial charge >= 0.3 is 5.97 Å². The number of hydrogen-bond acceptors (Lipinski definition) is 4. The van der Waals surface area contributed by atoms with Crippen LogP contribution in [0.3, 0.4) is 0 Å². The molecule has 0 aliphatic carbocycles. The number of ether oxygens (including phenoxy) is 1. The van der Waals surface area contributed by atoms with Crippen LogP contribution in [0.25, 0.3) is 0 Å². The zero-order chi connectivity index (χ0) is 12.8. The largest absolute Gasteiger partial charge is 0.463 e. The molecule has 0 radical (unpaired) electrons. The Balaban J connectivity index is 2.30. The van der Waals surface area contributed by atoms with E-state index in [9.17, 15) is 9.59 Å². The lowest BCUT2D eigenvalue weighted by Gasteiger charge is -2.08. The van der Waals surface area contributed by atoms with E-state index < -0.39 is 0 Å². The molecular weight excluding hydrogens is 222 g/mol. The normalized spacial score (nSPS) is 10.4. The van der Waals surface area contributed by atoms with Crippen molar-refractivity contribution >= 4 is 11.9 Å². The minimum Gasteiger partial charge on any atom is -0.463 e. The molecule has 1 heterocycles. The van der Waals surface area contributed by atoms with Crippen LogP contribution >= 0.6 is 0 Å². The molecule has 1 amide bonds. The Morgan fingerprint density at radius 3 is 2.71 bits per heavy atom. The van der Waals surface area contributed by atoms with Crippen molar-refractivity contribution in [1.82, 2.24) is 5.32 Å². The zero-order valence-electron chi connectivity index (χ0n) is 10.3. The summed E-state index contributed by atoms with van der Waals surface area (Å²) < 4.78 is 9.95. The number of hydrogen-bond donors (Lipinski definition) is 1.